The lowest BCUT2D eigenvalue weighted by atomic mass is 9.67. The fraction of sp³-hybridized carbons (Fsp3) is 0.833. The Morgan fingerprint density at radius 2 is 2.00 bits per heavy atom. The van der Waals surface area contributed by atoms with Gasteiger partial charge in [0.1, 0.15) is 0 Å². The van der Waals surface area contributed by atoms with Gasteiger partial charge in [0, 0.05) is 24.4 Å². The van der Waals surface area contributed by atoms with Crippen molar-refractivity contribution in [3.05, 3.63) is 12.7 Å². The van der Waals surface area contributed by atoms with Crippen molar-refractivity contribution in [2.75, 3.05) is 13.2 Å². The van der Waals surface area contributed by atoms with E-state index < -0.39 is 0 Å². The minimum absolute atomic E-state index is 0.0675. The average Bonchev–Trinajstić information content (AvgIpc) is 2.21. The molecule has 0 spiro atoms. The maximum atomic E-state index is 5.75. The molecule has 1 atom stereocenters. The zero-order valence-electron chi connectivity index (χ0n) is 10.3. The summed E-state index contributed by atoms with van der Waals surface area (Å²) in [5, 5.41) is 0. The van der Waals surface area contributed by atoms with Crippen LogP contribution in [-0.2, 0) is 9.31 Å². The minimum Gasteiger partial charge on any atom is -0.410 e. The largest absolute Gasteiger partial charge is 0.464 e. The summed E-state index contributed by atoms with van der Waals surface area (Å²) in [5.74, 6) is 0.348. The van der Waals surface area contributed by atoms with Crippen LogP contribution in [0, 0.1) is 5.41 Å². The van der Waals surface area contributed by atoms with E-state index in [0.717, 1.165) is 19.6 Å². The lowest BCUT2D eigenvalue weighted by molar-refractivity contribution is 0.0253. The van der Waals surface area contributed by atoms with E-state index in [0.29, 0.717) is 5.82 Å². The molecule has 0 radical (unpaired) electrons. The molecule has 0 aromatic heterocycles. The third-order valence-electron chi connectivity index (χ3n) is 2.82. The molecular weight excluding hydrogens is 187 g/mol. The Hall–Kier alpha value is -0.275. The molecule has 1 heterocycles. The van der Waals surface area contributed by atoms with Gasteiger partial charge in [-0.25, -0.2) is 0 Å². The summed E-state index contributed by atoms with van der Waals surface area (Å²) in [6, 6.07) is 0. The van der Waals surface area contributed by atoms with Crippen LogP contribution in [0.25, 0.3) is 0 Å². The third-order valence-corrected chi connectivity index (χ3v) is 2.82. The van der Waals surface area contributed by atoms with E-state index in [2.05, 4.69) is 27.4 Å². The summed E-state index contributed by atoms with van der Waals surface area (Å²) < 4.78 is 11.5. The van der Waals surface area contributed by atoms with E-state index >= 15 is 0 Å². The normalized spacial score (nSPS) is 22.5. The number of hydrogen-bond acceptors (Lipinski definition) is 2. The molecule has 0 amide bonds. The highest BCUT2D eigenvalue weighted by Crippen LogP contribution is 2.29. The zero-order chi connectivity index (χ0) is 11.3. The molecule has 2 nitrogen and oxygen atoms in total. The van der Waals surface area contributed by atoms with Gasteiger partial charge in [-0.3, -0.25) is 0 Å². The molecule has 1 aliphatic heterocycles. The molecule has 1 fully saturated rings. The maximum absolute atomic E-state index is 5.75. The molecule has 3 heteroatoms. The van der Waals surface area contributed by atoms with E-state index in [1.54, 1.807) is 0 Å². The van der Waals surface area contributed by atoms with E-state index in [1.165, 1.54) is 12.8 Å². The van der Waals surface area contributed by atoms with Crippen molar-refractivity contribution in [2.45, 2.75) is 45.9 Å². The highest BCUT2D eigenvalue weighted by molar-refractivity contribution is 6.47. The number of unbranched alkanes of at least 4 members (excludes halogenated alkanes) is 1. The van der Waals surface area contributed by atoms with Gasteiger partial charge in [-0.2, -0.15) is 0 Å². The molecule has 1 rings (SSSR count). The topological polar surface area (TPSA) is 18.5 Å². The van der Waals surface area contributed by atoms with E-state index in [4.69, 9.17) is 9.31 Å². The predicted molar refractivity (Wildman–Crippen MR) is 64.9 cm³/mol. The van der Waals surface area contributed by atoms with Gasteiger partial charge in [0.05, 0.1) is 0 Å². The summed E-state index contributed by atoms with van der Waals surface area (Å²) in [6.45, 7) is 12.0. The molecule has 0 aromatic rings. The molecule has 1 unspecified atom stereocenters. The van der Waals surface area contributed by atoms with Crippen molar-refractivity contribution >= 4 is 7.12 Å². The molecule has 15 heavy (non-hydrogen) atoms. The van der Waals surface area contributed by atoms with Gasteiger partial charge in [0.15, 0.2) is 0 Å². The standard InChI is InChI=1S/C12H23BO2/c1-5-7-8-11(6-2)13-14-9-12(3,4)10-15-13/h6,11H,2,5,7-10H2,1,3-4H3. The Labute approximate surface area is 94.2 Å². The Bertz CT molecular complexity index is 194. The van der Waals surface area contributed by atoms with Crippen LogP contribution in [0.4, 0.5) is 0 Å². The molecule has 0 aromatic carbocycles. The van der Waals surface area contributed by atoms with Gasteiger partial charge in [0.25, 0.3) is 0 Å². The van der Waals surface area contributed by atoms with Crippen molar-refractivity contribution < 1.29 is 9.31 Å². The monoisotopic (exact) mass is 210 g/mol. The second-order valence-electron chi connectivity index (χ2n) is 5.20. The molecule has 1 aliphatic rings. The average molecular weight is 210 g/mol. The first kappa shape index (κ1) is 12.8. The summed E-state index contributed by atoms with van der Waals surface area (Å²) >= 11 is 0. The Balaban J connectivity index is 2.39. The van der Waals surface area contributed by atoms with Crippen molar-refractivity contribution in [2.24, 2.45) is 5.41 Å². The smallest absolute Gasteiger partial charge is 0.410 e. The van der Waals surface area contributed by atoms with E-state index in [1.807, 2.05) is 6.08 Å². The molecule has 0 aliphatic carbocycles. The van der Waals surface area contributed by atoms with Crippen LogP contribution in [0.1, 0.15) is 40.0 Å². The van der Waals surface area contributed by atoms with Crippen LogP contribution in [0.15, 0.2) is 12.7 Å². The first-order chi connectivity index (χ1) is 7.09. The van der Waals surface area contributed by atoms with E-state index in [9.17, 15) is 0 Å². The molecule has 0 saturated carbocycles. The van der Waals surface area contributed by atoms with Crippen LogP contribution < -0.4 is 0 Å². The first-order valence-electron chi connectivity index (χ1n) is 5.95. The SMILES string of the molecule is C=CC(CCCC)B1OCC(C)(C)CO1. The lowest BCUT2D eigenvalue weighted by Crippen LogP contribution is -2.42. The van der Waals surface area contributed by atoms with Crippen molar-refractivity contribution in [1.82, 2.24) is 0 Å². The summed E-state index contributed by atoms with van der Waals surface area (Å²) in [5.41, 5.74) is 0.160. The molecule has 86 valence electrons. The lowest BCUT2D eigenvalue weighted by Gasteiger charge is -2.35. The number of hydrogen-bond donors (Lipinski definition) is 0. The Kier molecular flexibility index (Phi) is 4.87. The van der Waals surface area contributed by atoms with Crippen molar-refractivity contribution in [3.63, 3.8) is 0 Å². The van der Waals surface area contributed by atoms with Gasteiger partial charge in [-0.15, -0.1) is 6.58 Å². The summed E-state index contributed by atoms with van der Waals surface area (Å²) in [7, 11) is -0.0675. The van der Waals surface area contributed by atoms with Gasteiger partial charge >= 0.3 is 7.12 Å². The fourth-order valence-corrected chi connectivity index (χ4v) is 1.76. The molecule has 1 saturated heterocycles. The van der Waals surface area contributed by atoms with Gasteiger partial charge in [-0.1, -0.05) is 39.7 Å². The predicted octanol–water partition coefficient (Wildman–Crippen LogP) is 3.29. The summed E-state index contributed by atoms with van der Waals surface area (Å²) in [6.07, 6.45) is 5.51. The third kappa shape index (κ3) is 4.00. The zero-order valence-corrected chi connectivity index (χ0v) is 10.3. The van der Waals surface area contributed by atoms with Crippen LogP contribution in [0.3, 0.4) is 0 Å². The second-order valence-corrected chi connectivity index (χ2v) is 5.20. The molecule has 0 N–H and O–H groups in total. The number of allylic oxidation sites excluding steroid dienone is 1. The van der Waals surface area contributed by atoms with Gasteiger partial charge in [0.2, 0.25) is 0 Å². The van der Waals surface area contributed by atoms with Crippen molar-refractivity contribution in [3.8, 4) is 0 Å². The highest BCUT2D eigenvalue weighted by Gasteiger charge is 2.36. The van der Waals surface area contributed by atoms with Crippen LogP contribution >= 0.6 is 0 Å². The Morgan fingerprint density at radius 1 is 1.40 bits per heavy atom. The Morgan fingerprint density at radius 3 is 2.47 bits per heavy atom. The quantitative estimate of drug-likeness (QED) is 0.512. The first-order valence-corrected chi connectivity index (χ1v) is 5.95. The summed E-state index contributed by atoms with van der Waals surface area (Å²) in [4.78, 5) is 0. The number of rotatable bonds is 5. The minimum atomic E-state index is -0.0675. The van der Waals surface area contributed by atoms with Crippen LogP contribution in [0.2, 0.25) is 5.82 Å². The fourth-order valence-electron chi connectivity index (χ4n) is 1.76. The van der Waals surface area contributed by atoms with Gasteiger partial charge < -0.3 is 9.31 Å². The van der Waals surface area contributed by atoms with Gasteiger partial charge in [-0.05, 0) is 6.42 Å². The second kappa shape index (κ2) is 5.71. The highest BCUT2D eigenvalue weighted by atomic mass is 16.6. The van der Waals surface area contributed by atoms with E-state index in [-0.39, 0.29) is 12.5 Å². The molecular formula is C12H23BO2. The molecule has 0 bridgehead atoms. The van der Waals surface area contributed by atoms with Crippen LogP contribution in [0.5, 0.6) is 0 Å². The van der Waals surface area contributed by atoms with Crippen molar-refractivity contribution in [1.29, 1.82) is 0 Å². The maximum Gasteiger partial charge on any atom is 0.464 e. The van der Waals surface area contributed by atoms with Crippen LogP contribution in [-0.4, -0.2) is 20.3 Å².